The third-order valence-electron chi connectivity index (χ3n) is 2.37. The van der Waals surface area contributed by atoms with Crippen LogP contribution in [0.4, 0.5) is 0 Å². The van der Waals surface area contributed by atoms with Gasteiger partial charge in [0.2, 0.25) is 0 Å². The van der Waals surface area contributed by atoms with E-state index < -0.39 is 0 Å². The molecule has 94 valence electrons. The summed E-state index contributed by atoms with van der Waals surface area (Å²) < 4.78 is 2.02. The Morgan fingerprint density at radius 2 is 2.28 bits per heavy atom. The molecule has 2 rings (SSSR count). The fourth-order valence-electron chi connectivity index (χ4n) is 1.46. The van der Waals surface area contributed by atoms with E-state index in [0.29, 0.717) is 11.7 Å². The standard InChI is InChI=1S/C12H12ClN3S2/c1-14-11(17)15-12-16(6-7-18-12)8-9-4-2-3-5-10(9)13/h2-7H,8H2,1H3,(H,14,17)/b15-12+. The fraction of sp³-hybridized carbons (Fsp3) is 0.167. The Bertz CT molecular complexity index is 616. The van der Waals surface area contributed by atoms with Crippen LogP contribution < -0.4 is 10.1 Å². The van der Waals surface area contributed by atoms with E-state index >= 15 is 0 Å². The number of halogens is 1. The molecule has 0 aliphatic carbocycles. The summed E-state index contributed by atoms with van der Waals surface area (Å²) in [5.74, 6) is 0. The van der Waals surface area contributed by atoms with Crippen LogP contribution in [0.1, 0.15) is 5.56 Å². The Morgan fingerprint density at radius 3 is 3.00 bits per heavy atom. The number of hydrogen-bond acceptors (Lipinski definition) is 2. The van der Waals surface area contributed by atoms with Crippen LogP contribution >= 0.6 is 35.2 Å². The lowest BCUT2D eigenvalue weighted by molar-refractivity contribution is 0.771. The van der Waals surface area contributed by atoms with Crippen molar-refractivity contribution in [3.8, 4) is 0 Å². The smallest absolute Gasteiger partial charge is 0.195 e. The van der Waals surface area contributed by atoms with E-state index in [1.807, 2.05) is 40.4 Å². The molecule has 0 radical (unpaired) electrons. The highest BCUT2D eigenvalue weighted by Gasteiger charge is 2.02. The van der Waals surface area contributed by atoms with Gasteiger partial charge in [-0.15, -0.1) is 11.3 Å². The van der Waals surface area contributed by atoms with Crippen molar-refractivity contribution < 1.29 is 0 Å². The molecule has 0 aliphatic heterocycles. The summed E-state index contributed by atoms with van der Waals surface area (Å²) in [4.78, 5) is 5.18. The molecular formula is C12H12ClN3S2. The van der Waals surface area contributed by atoms with Crippen LogP contribution in [-0.2, 0) is 6.54 Å². The van der Waals surface area contributed by atoms with Crippen molar-refractivity contribution in [2.45, 2.75) is 6.54 Å². The Labute approximate surface area is 120 Å². The van der Waals surface area contributed by atoms with Crippen molar-refractivity contribution in [3.05, 3.63) is 51.2 Å². The average Bonchev–Trinajstić information content (AvgIpc) is 2.79. The lowest BCUT2D eigenvalue weighted by Gasteiger charge is -2.05. The van der Waals surface area contributed by atoms with Crippen LogP contribution in [0.5, 0.6) is 0 Å². The molecule has 1 aromatic heterocycles. The van der Waals surface area contributed by atoms with Crippen LogP contribution in [-0.4, -0.2) is 16.7 Å². The van der Waals surface area contributed by atoms with Gasteiger partial charge in [0.25, 0.3) is 0 Å². The van der Waals surface area contributed by atoms with Gasteiger partial charge in [-0.1, -0.05) is 29.8 Å². The van der Waals surface area contributed by atoms with Gasteiger partial charge in [-0.2, -0.15) is 4.99 Å². The molecule has 6 heteroatoms. The van der Waals surface area contributed by atoms with Crippen molar-refractivity contribution in [1.82, 2.24) is 9.88 Å². The molecule has 1 heterocycles. The van der Waals surface area contributed by atoms with Crippen LogP contribution in [0.2, 0.25) is 5.02 Å². The molecule has 3 nitrogen and oxygen atoms in total. The highest BCUT2D eigenvalue weighted by Crippen LogP contribution is 2.15. The molecule has 1 aromatic carbocycles. The van der Waals surface area contributed by atoms with Crippen molar-refractivity contribution >= 4 is 40.3 Å². The first-order valence-corrected chi connectivity index (χ1v) is 7.01. The Kier molecular flexibility index (Phi) is 4.52. The minimum absolute atomic E-state index is 0.477. The molecule has 18 heavy (non-hydrogen) atoms. The van der Waals surface area contributed by atoms with E-state index in [0.717, 1.165) is 15.4 Å². The summed E-state index contributed by atoms with van der Waals surface area (Å²) in [5, 5.41) is 6.06. The zero-order valence-electron chi connectivity index (χ0n) is 9.76. The SMILES string of the molecule is CNC(=S)/N=c1/sccn1Cc1ccccc1Cl. The van der Waals surface area contributed by atoms with Gasteiger partial charge < -0.3 is 9.88 Å². The molecule has 0 aliphatic rings. The first-order chi connectivity index (χ1) is 8.70. The van der Waals surface area contributed by atoms with Crippen molar-refractivity contribution in [1.29, 1.82) is 0 Å². The molecule has 1 N–H and O–H groups in total. The molecule has 0 atom stereocenters. The number of rotatable bonds is 2. The molecule has 2 aromatic rings. The highest BCUT2D eigenvalue weighted by atomic mass is 35.5. The van der Waals surface area contributed by atoms with Crippen LogP contribution in [0.25, 0.3) is 0 Å². The predicted molar refractivity (Wildman–Crippen MR) is 80.1 cm³/mol. The molecule has 0 bridgehead atoms. The minimum atomic E-state index is 0.477. The van der Waals surface area contributed by atoms with E-state index in [-0.39, 0.29) is 0 Å². The Hall–Kier alpha value is -1.17. The van der Waals surface area contributed by atoms with Gasteiger partial charge in [-0.25, -0.2) is 0 Å². The monoisotopic (exact) mass is 297 g/mol. The first kappa shape index (κ1) is 13.3. The minimum Gasteiger partial charge on any atom is -0.364 e. The van der Waals surface area contributed by atoms with Gasteiger partial charge in [0.1, 0.15) is 0 Å². The predicted octanol–water partition coefficient (Wildman–Crippen LogP) is 2.66. The van der Waals surface area contributed by atoms with Crippen LogP contribution in [0.15, 0.2) is 40.8 Å². The molecule has 0 saturated heterocycles. The third kappa shape index (κ3) is 3.19. The number of nitrogens with one attached hydrogen (secondary N) is 1. The molecule has 0 amide bonds. The van der Waals surface area contributed by atoms with Gasteiger partial charge in [-0.05, 0) is 23.8 Å². The van der Waals surface area contributed by atoms with Crippen LogP contribution in [0.3, 0.4) is 0 Å². The van der Waals surface area contributed by atoms with E-state index in [1.54, 1.807) is 18.4 Å². The number of nitrogens with zero attached hydrogens (tertiary/aromatic N) is 2. The zero-order chi connectivity index (χ0) is 13.0. The summed E-state index contributed by atoms with van der Waals surface area (Å²) in [7, 11) is 1.76. The number of thiazole rings is 1. The molecule has 0 unspecified atom stereocenters. The molecule has 0 saturated carbocycles. The number of benzene rings is 1. The van der Waals surface area contributed by atoms with Gasteiger partial charge in [-0.3, -0.25) is 0 Å². The maximum atomic E-state index is 6.15. The Balaban J connectivity index is 2.31. The zero-order valence-corrected chi connectivity index (χ0v) is 12.1. The largest absolute Gasteiger partial charge is 0.364 e. The average molecular weight is 298 g/mol. The first-order valence-electron chi connectivity index (χ1n) is 5.34. The summed E-state index contributed by atoms with van der Waals surface area (Å²) in [6, 6.07) is 7.79. The number of aromatic nitrogens is 1. The van der Waals surface area contributed by atoms with Gasteiger partial charge in [0, 0.05) is 23.6 Å². The quantitative estimate of drug-likeness (QED) is 0.864. The maximum Gasteiger partial charge on any atom is 0.195 e. The maximum absolute atomic E-state index is 6.15. The highest BCUT2D eigenvalue weighted by molar-refractivity contribution is 7.80. The third-order valence-corrected chi connectivity index (χ3v) is 3.83. The van der Waals surface area contributed by atoms with E-state index in [1.165, 1.54) is 0 Å². The molecular weight excluding hydrogens is 286 g/mol. The number of thiocarbonyl (C=S) groups is 1. The van der Waals surface area contributed by atoms with Crippen molar-refractivity contribution in [2.75, 3.05) is 7.05 Å². The number of hydrogen-bond donors (Lipinski definition) is 1. The summed E-state index contributed by atoms with van der Waals surface area (Å²) in [6.07, 6.45) is 1.98. The summed E-state index contributed by atoms with van der Waals surface area (Å²) >= 11 is 12.7. The normalized spacial score (nSPS) is 11.6. The summed E-state index contributed by atoms with van der Waals surface area (Å²) in [6.45, 7) is 0.689. The topological polar surface area (TPSA) is 29.3 Å². The second kappa shape index (κ2) is 6.13. The second-order valence-corrected chi connectivity index (χ2v) is 5.24. The van der Waals surface area contributed by atoms with E-state index in [4.69, 9.17) is 23.8 Å². The van der Waals surface area contributed by atoms with Crippen molar-refractivity contribution in [2.24, 2.45) is 4.99 Å². The lowest BCUT2D eigenvalue weighted by atomic mass is 10.2. The Morgan fingerprint density at radius 1 is 1.50 bits per heavy atom. The van der Waals surface area contributed by atoms with E-state index in [2.05, 4.69) is 10.3 Å². The second-order valence-electron chi connectivity index (χ2n) is 3.57. The fourth-order valence-corrected chi connectivity index (χ4v) is 2.53. The lowest BCUT2D eigenvalue weighted by Crippen LogP contribution is -2.21. The molecule has 0 spiro atoms. The van der Waals surface area contributed by atoms with Gasteiger partial charge >= 0.3 is 0 Å². The van der Waals surface area contributed by atoms with Gasteiger partial charge in [0.05, 0.1) is 6.54 Å². The van der Waals surface area contributed by atoms with E-state index in [9.17, 15) is 0 Å². The van der Waals surface area contributed by atoms with Gasteiger partial charge in [0.15, 0.2) is 9.91 Å². The van der Waals surface area contributed by atoms with Crippen LogP contribution in [0, 0.1) is 0 Å². The molecule has 0 fully saturated rings. The van der Waals surface area contributed by atoms with Crippen molar-refractivity contribution in [3.63, 3.8) is 0 Å². The summed E-state index contributed by atoms with van der Waals surface area (Å²) in [5.41, 5.74) is 1.06.